The van der Waals surface area contributed by atoms with E-state index in [1.807, 2.05) is 0 Å². The van der Waals surface area contributed by atoms with Crippen molar-refractivity contribution in [2.75, 3.05) is 7.11 Å². The minimum Gasteiger partial charge on any atom is -0.497 e. The number of benzene rings is 1. The predicted octanol–water partition coefficient (Wildman–Crippen LogP) is 3.35. The maximum atomic E-state index is 11.2. The van der Waals surface area contributed by atoms with Crippen molar-refractivity contribution in [1.29, 1.82) is 0 Å². The van der Waals surface area contributed by atoms with Crippen LogP contribution in [0.3, 0.4) is 0 Å². The van der Waals surface area contributed by atoms with Gasteiger partial charge in [0.05, 0.1) is 17.8 Å². The number of hydrogen-bond acceptors (Lipinski definition) is 2. The van der Waals surface area contributed by atoms with Crippen molar-refractivity contribution in [1.82, 2.24) is 4.98 Å². The molecule has 0 aliphatic carbocycles. The van der Waals surface area contributed by atoms with Gasteiger partial charge >= 0.3 is 5.97 Å². The van der Waals surface area contributed by atoms with E-state index >= 15 is 0 Å². The molecule has 1 aromatic carbocycles. The van der Waals surface area contributed by atoms with E-state index in [2.05, 4.69) is 4.98 Å². The standard InChI is InChI=1S/C13H12ClNO3/c1-7-11(14)10(13(16)17)12(15-7)8-4-3-5-9(6-8)18-2/h3-6,15H,1-2H3,(H,16,17). The van der Waals surface area contributed by atoms with E-state index in [0.29, 0.717) is 17.1 Å². The van der Waals surface area contributed by atoms with Gasteiger partial charge in [0.1, 0.15) is 11.3 Å². The summed E-state index contributed by atoms with van der Waals surface area (Å²) in [6.07, 6.45) is 0. The molecule has 0 saturated heterocycles. The number of aromatic carboxylic acids is 1. The quantitative estimate of drug-likeness (QED) is 0.895. The third kappa shape index (κ3) is 2.07. The zero-order valence-corrected chi connectivity index (χ0v) is 10.7. The molecule has 0 bridgehead atoms. The number of carbonyl (C=O) groups is 1. The second kappa shape index (κ2) is 4.74. The maximum absolute atomic E-state index is 11.2. The van der Waals surface area contributed by atoms with Crippen LogP contribution < -0.4 is 4.74 Å². The number of hydrogen-bond donors (Lipinski definition) is 2. The van der Waals surface area contributed by atoms with Gasteiger partial charge in [-0.1, -0.05) is 23.7 Å². The van der Waals surface area contributed by atoms with Gasteiger partial charge in [0.15, 0.2) is 0 Å². The number of H-pyrrole nitrogens is 1. The van der Waals surface area contributed by atoms with Crippen molar-refractivity contribution < 1.29 is 14.6 Å². The van der Waals surface area contributed by atoms with Gasteiger partial charge in [0, 0.05) is 11.3 Å². The molecule has 94 valence electrons. The number of halogens is 1. The molecule has 0 saturated carbocycles. The molecule has 0 spiro atoms. The Morgan fingerprint density at radius 1 is 1.44 bits per heavy atom. The first kappa shape index (κ1) is 12.5. The van der Waals surface area contributed by atoms with Gasteiger partial charge < -0.3 is 14.8 Å². The van der Waals surface area contributed by atoms with Gasteiger partial charge in [0.25, 0.3) is 0 Å². The van der Waals surface area contributed by atoms with Crippen molar-refractivity contribution in [2.24, 2.45) is 0 Å². The minimum atomic E-state index is -1.05. The van der Waals surface area contributed by atoms with E-state index in [4.69, 9.17) is 16.3 Å². The first-order valence-electron chi connectivity index (χ1n) is 5.30. The van der Waals surface area contributed by atoms with Crippen molar-refractivity contribution in [3.8, 4) is 17.0 Å². The van der Waals surface area contributed by atoms with Crippen LogP contribution in [0.25, 0.3) is 11.3 Å². The van der Waals surface area contributed by atoms with E-state index in [1.165, 1.54) is 0 Å². The van der Waals surface area contributed by atoms with Gasteiger partial charge in [0.2, 0.25) is 0 Å². The summed E-state index contributed by atoms with van der Waals surface area (Å²) < 4.78 is 5.12. The number of ether oxygens (including phenoxy) is 1. The van der Waals surface area contributed by atoms with Crippen LogP contribution in [0.15, 0.2) is 24.3 Å². The van der Waals surface area contributed by atoms with E-state index in [9.17, 15) is 9.90 Å². The molecule has 1 heterocycles. The van der Waals surface area contributed by atoms with Crippen molar-refractivity contribution in [3.05, 3.63) is 40.5 Å². The normalized spacial score (nSPS) is 10.4. The van der Waals surface area contributed by atoms with Crippen LogP contribution in [-0.2, 0) is 0 Å². The zero-order valence-electron chi connectivity index (χ0n) is 9.95. The molecule has 18 heavy (non-hydrogen) atoms. The summed E-state index contributed by atoms with van der Waals surface area (Å²) in [7, 11) is 1.56. The molecule has 0 aliphatic rings. The number of methoxy groups -OCH3 is 1. The Morgan fingerprint density at radius 2 is 2.17 bits per heavy atom. The Balaban J connectivity index is 2.63. The average Bonchev–Trinajstić information content (AvgIpc) is 2.66. The molecule has 4 nitrogen and oxygen atoms in total. The average molecular weight is 266 g/mol. The maximum Gasteiger partial charge on any atom is 0.339 e. The SMILES string of the molecule is COc1cccc(-c2[nH]c(C)c(Cl)c2C(=O)O)c1. The molecule has 2 rings (SSSR count). The molecule has 0 amide bonds. The number of aryl methyl sites for hydroxylation is 1. The van der Waals surface area contributed by atoms with Crippen LogP contribution in [0.5, 0.6) is 5.75 Å². The number of rotatable bonds is 3. The summed E-state index contributed by atoms with van der Waals surface area (Å²) in [6, 6.07) is 7.15. The smallest absolute Gasteiger partial charge is 0.339 e. The van der Waals surface area contributed by atoms with E-state index in [0.717, 1.165) is 5.56 Å². The summed E-state index contributed by atoms with van der Waals surface area (Å²) in [6.45, 7) is 1.73. The number of nitrogens with one attached hydrogen (secondary N) is 1. The third-order valence-electron chi connectivity index (χ3n) is 2.68. The lowest BCUT2D eigenvalue weighted by atomic mass is 10.1. The Labute approximate surface area is 109 Å². The molecule has 0 unspecified atom stereocenters. The number of aromatic nitrogens is 1. The molecule has 0 aliphatic heterocycles. The van der Waals surface area contributed by atoms with Crippen LogP contribution in [-0.4, -0.2) is 23.2 Å². The largest absolute Gasteiger partial charge is 0.497 e. The third-order valence-corrected chi connectivity index (χ3v) is 3.16. The second-order valence-corrected chi connectivity index (χ2v) is 4.23. The predicted molar refractivity (Wildman–Crippen MR) is 69.5 cm³/mol. The summed E-state index contributed by atoms with van der Waals surface area (Å²) in [5, 5.41) is 9.45. The first-order chi connectivity index (χ1) is 8.54. The molecule has 2 N–H and O–H groups in total. The van der Waals surface area contributed by atoms with E-state index < -0.39 is 5.97 Å². The van der Waals surface area contributed by atoms with Crippen LogP contribution in [0.4, 0.5) is 0 Å². The molecule has 5 heteroatoms. The number of aromatic amines is 1. The lowest BCUT2D eigenvalue weighted by Crippen LogP contribution is -1.98. The minimum absolute atomic E-state index is 0.0856. The van der Waals surface area contributed by atoms with Crippen molar-refractivity contribution in [3.63, 3.8) is 0 Å². The lowest BCUT2D eigenvalue weighted by molar-refractivity contribution is 0.0698. The Kier molecular flexibility index (Phi) is 3.30. The molecule has 2 aromatic rings. The van der Waals surface area contributed by atoms with Gasteiger partial charge in [-0.2, -0.15) is 0 Å². The summed E-state index contributed by atoms with van der Waals surface area (Å²) in [5.41, 5.74) is 1.93. The van der Waals surface area contributed by atoms with Gasteiger partial charge in [-0.25, -0.2) is 4.79 Å². The highest BCUT2D eigenvalue weighted by Gasteiger charge is 2.20. The highest BCUT2D eigenvalue weighted by atomic mass is 35.5. The van der Waals surface area contributed by atoms with E-state index in [-0.39, 0.29) is 10.6 Å². The summed E-state index contributed by atoms with van der Waals surface area (Å²) in [4.78, 5) is 14.2. The van der Waals surface area contributed by atoms with Crippen molar-refractivity contribution in [2.45, 2.75) is 6.92 Å². The fourth-order valence-corrected chi connectivity index (χ4v) is 2.02. The Hall–Kier alpha value is -1.94. The molecular formula is C13H12ClNO3. The molecular weight excluding hydrogens is 254 g/mol. The summed E-state index contributed by atoms with van der Waals surface area (Å²) >= 11 is 5.99. The Morgan fingerprint density at radius 3 is 2.78 bits per heavy atom. The molecule has 0 atom stereocenters. The fourth-order valence-electron chi connectivity index (χ4n) is 1.80. The van der Waals surface area contributed by atoms with Gasteiger partial charge in [-0.05, 0) is 19.1 Å². The van der Waals surface area contributed by atoms with Crippen LogP contribution >= 0.6 is 11.6 Å². The van der Waals surface area contributed by atoms with Crippen molar-refractivity contribution >= 4 is 17.6 Å². The fraction of sp³-hybridized carbons (Fsp3) is 0.154. The van der Waals surface area contributed by atoms with Gasteiger partial charge in [-0.3, -0.25) is 0 Å². The monoisotopic (exact) mass is 265 g/mol. The number of carboxylic acids is 1. The highest BCUT2D eigenvalue weighted by Crippen LogP contribution is 2.32. The highest BCUT2D eigenvalue weighted by molar-refractivity contribution is 6.35. The topological polar surface area (TPSA) is 62.3 Å². The number of carboxylic acid groups (broad SMARTS) is 1. The lowest BCUT2D eigenvalue weighted by Gasteiger charge is -2.04. The molecule has 0 fully saturated rings. The first-order valence-corrected chi connectivity index (χ1v) is 5.68. The van der Waals surface area contributed by atoms with Gasteiger partial charge in [-0.15, -0.1) is 0 Å². The van der Waals surface area contributed by atoms with Crippen LogP contribution in [0.2, 0.25) is 5.02 Å². The molecule has 1 aromatic heterocycles. The van der Waals surface area contributed by atoms with E-state index in [1.54, 1.807) is 38.3 Å². The van der Waals surface area contributed by atoms with Crippen LogP contribution in [0.1, 0.15) is 16.1 Å². The second-order valence-electron chi connectivity index (χ2n) is 3.85. The zero-order chi connectivity index (χ0) is 13.3. The van der Waals surface area contributed by atoms with Crippen LogP contribution in [0, 0.1) is 6.92 Å². The summed E-state index contributed by atoms with van der Waals surface area (Å²) in [5.74, 6) is -0.394. The molecule has 0 radical (unpaired) electrons. The Bertz CT molecular complexity index is 604.